The third-order valence-corrected chi connectivity index (χ3v) is 3.12. The van der Waals surface area contributed by atoms with Crippen LogP contribution in [0.4, 0.5) is 0 Å². The predicted molar refractivity (Wildman–Crippen MR) is 75.1 cm³/mol. The fourth-order valence-electron chi connectivity index (χ4n) is 2.24. The Morgan fingerprint density at radius 1 is 1.00 bits per heavy atom. The molecule has 0 aliphatic heterocycles. The van der Waals surface area contributed by atoms with Crippen molar-refractivity contribution in [2.45, 2.75) is 6.42 Å². The van der Waals surface area contributed by atoms with E-state index in [0.29, 0.717) is 11.4 Å². The first-order valence-corrected chi connectivity index (χ1v) is 6.17. The van der Waals surface area contributed by atoms with E-state index in [1.165, 1.54) is 0 Å². The highest BCUT2D eigenvalue weighted by atomic mass is 15.1. The molecule has 0 atom stereocenters. The van der Waals surface area contributed by atoms with Gasteiger partial charge in [-0.3, -0.25) is 4.57 Å². The van der Waals surface area contributed by atoms with Gasteiger partial charge in [0.1, 0.15) is 5.82 Å². The van der Waals surface area contributed by atoms with Gasteiger partial charge in [0.2, 0.25) is 0 Å². The molecule has 4 nitrogen and oxygen atoms in total. The molecule has 4 heteroatoms. The molecule has 0 radical (unpaired) electrons. The van der Waals surface area contributed by atoms with Crippen molar-refractivity contribution in [3.05, 3.63) is 59.9 Å². The van der Waals surface area contributed by atoms with Crippen molar-refractivity contribution in [2.75, 3.05) is 0 Å². The van der Waals surface area contributed by atoms with E-state index in [-0.39, 0.29) is 6.42 Å². The third-order valence-electron chi connectivity index (χ3n) is 3.12. The van der Waals surface area contributed by atoms with Gasteiger partial charge in [-0.25, -0.2) is 4.98 Å². The van der Waals surface area contributed by atoms with Crippen LogP contribution in [-0.2, 0) is 6.42 Å². The lowest BCUT2D eigenvalue weighted by atomic mass is 10.2. The van der Waals surface area contributed by atoms with E-state index in [1.54, 1.807) is 12.1 Å². The van der Waals surface area contributed by atoms with Crippen LogP contribution in [0.5, 0.6) is 0 Å². The second-order valence-corrected chi connectivity index (χ2v) is 4.35. The SMILES string of the molecule is N#CCc1nc2ccccc2n1-c1ccc(C#N)cc1. The molecule has 0 bridgehead atoms. The van der Waals surface area contributed by atoms with Crippen LogP contribution in [0.1, 0.15) is 11.4 Å². The van der Waals surface area contributed by atoms with Gasteiger partial charge in [0, 0.05) is 5.69 Å². The summed E-state index contributed by atoms with van der Waals surface area (Å²) in [6.45, 7) is 0. The van der Waals surface area contributed by atoms with Gasteiger partial charge in [0.15, 0.2) is 0 Å². The Morgan fingerprint density at radius 3 is 2.45 bits per heavy atom. The van der Waals surface area contributed by atoms with Crippen LogP contribution in [0.15, 0.2) is 48.5 Å². The van der Waals surface area contributed by atoms with Gasteiger partial charge in [0.25, 0.3) is 0 Å². The summed E-state index contributed by atoms with van der Waals surface area (Å²) in [5.74, 6) is 0.707. The Labute approximate surface area is 116 Å². The highest BCUT2D eigenvalue weighted by Crippen LogP contribution is 2.22. The van der Waals surface area contributed by atoms with Crippen LogP contribution in [0.3, 0.4) is 0 Å². The summed E-state index contributed by atoms with van der Waals surface area (Å²) in [4.78, 5) is 4.50. The maximum absolute atomic E-state index is 8.95. The number of fused-ring (bicyclic) bond motifs is 1. The smallest absolute Gasteiger partial charge is 0.128 e. The van der Waals surface area contributed by atoms with E-state index >= 15 is 0 Å². The number of benzene rings is 2. The van der Waals surface area contributed by atoms with Crippen LogP contribution in [-0.4, -0.2) is 9.55 Å². The molecule has 0 spiro atoms. The van der Waals surface area contributed by atoms with Crippen molar-refractivity contribution < 1.29 is 0 Å². The van der Waals surface area contributed by atoms with Crippen molar-refractivity contribution in [1.82, 2.24) is 9.55 Å². The Hall–Kier alpha value is -3.11. The minimum atomic E-state index is 0.245. The Balaban J connectivity index is 2.25. The quantitative estimate of drug-likeness (QED) is 0.709. The van der Waals surface area contributed by atoms with Gasteiger partial charge >= 0.3 is 0 Å². The van der Waals surface area contributed by atoms with Gasteiger partial charge in [-0.15, -0.1) is 0 Å². The second kappa shape index (κ2) is 4.87. The van der Waals surface area contributed by atoms with Crippen LogP contribution in [0.25, 0.3) is 16.7 Å². The van der Waals surface area contributed by atoms with Crippen molar-refractivity contribution in [3.8, 4) is 17.8 Å². The first kappa shape index (κ1) is 12.0. The summed E-state index contributed by atoms with van der Waals surface area (Å²) in [6, 6.07) is 19.3. The first-order valence-electron chi connectivity index (χ1n) is 6.17. The molecule has 94 valence electrons. The van der Waals surface area contributed by atoms with Crippen molar-refractivity contribution in [3.63, 3.8) is 0 Å². The van der Waals surface area contributed by atoms with Crippen LogP contribution in [0, 0.1) is 22.7 Å². The number of nitrogens with zero attached hydrogens (tertiary/aromatic N) is 4. The summed E-state index contributed by atoms with van der Waals surface area (Å²) in [5.41, 5.74) is 3.34. The summed E-state index contributed by atoms with van der Waals surface area (Å²) in [6.07, 6.45) is 0.245. The van der Waals surface area contributed by atoms with Crippen LogP contribution >= 0.6 is 0 Å². The Bertz CT molecular complexity index is 845. The van der Waals surface area contributed by atoms with Crippen LogP contribution in [0.2, 0.25) is 0 Å². The van der Waals surface area contributed by atoms with Crippen molar-refractivity contribution in [1.29, 1.82) is 10.5 Å². The van der Waals surface area contributed by atoms with E-state index in [2.05, 4.69) is 17.1 Å². The van der Waals surface area contributed by atoms with E-state index in [0.717, 1.165) is 16.7 Å². The molecule has 0 saturated heterocycles. The molecule has 0 fully saturated rings. The monoisotopic (exact) mass is 258 g/mol. The molecule has 0 aliphatic carbocycles. The maximum atomic E-state index is 8.95. The summed E-state index contributed by atoms with van der Waals surface area (Å²) >= 11 is 0. The number of nitriles is 2. The first-order chi connectivity index (χ1) is 9.83. The lowest BCUT2D eigenvalue weighted by molar-refractivity contribution is 0.954. The zero-order valence-electron chi connectivity index (χ0n) is 10.6. The average molecular weight is 258 g/mol. The number of hydrogen-bond donors (Lipinski definition) is 0. The molecule has 0 N–H and O–H groups in total. The average Bonchev–Trinajstić information content (AvgIpc) is 2.86. The van der Waals surface area contributed by atoms with E-state index in [9.17, 15) is 0 Å². The summed E-state index contributed by atoms with van der Waals surface area (Å²) < 4.78 is 1.96. The number of rotatable bonds is 2. The Kier molecular flexibility index (Phi) is 2.91. The minimum absolute atomic E-state index is 0.245. The van der Waals surface area contributed by atoms with Crippen molar-refractivity contribution >= 4 is 11.0 Å². The lowest BCUT2D eigenvalue weighted by Crippen LogP contribution is -2.00. The maximum Gasteiger partial charge on any atom is 0.128 e. The molecular formula is C16H10N4. The second-order valence-electron chi connectivity index (χ2n) is 4.35. The van der Waals surface area contributed by atoms with E-state index in [4.69, 9.17) is 10.5 Å². The van der Waals surface area contributed by atoms with E-state index in [1.807, 2.05) is 41.0 Å². The van der Waals surface area contributed by atoms with Gasteiger partial charge in [-0.2, -0.15) is 10.5 Å². The minimum Gasteiger partial charge on any atom is -0.295 e. The van der Waals surface area contributed by atoms with Gasteiger partial charge in [-0.1, -0.05) is 12.1 Å². The molecule has 0 saturated carbocycles. The normalized spacial score (nSPS) is 10.1. The molecule has 2 aromatic carbocycles. The fraction of sp³-hybridized carbons (Fsp3) is 0.0625. The molecule has 0 unspecified atom stereocenters. The number of hydrogen-bond acceptors (Lipinski definition) is 3. The molecule has 3 rings (SSSR count). The fourth-order valence-corrected chi connectivity index (χ4v) is 2.24. The predicted octanol–water partition coefficient (Wildman–Crippen LogP) is 2.96. The topological polar surface area (TPSA) is 65.4 Å². The van der Waals surface area contributed by atoms with Crippen molar-refractivity contribution in [2.24, 2.45) is 0 Å². The third kappa shape index (κ3) is 1.90. The molecule has 0 amide bonds. The number of para-hydroxylation sites is 2. The molecule has 20 heavy (non-hydrogen) atoms. The highest BCUT2D eigenvalue weighted by Gasteiger charge is 2.11. The van der Waals surface area contributed by atoms with E-state index < -0.39 is 0 Å². The largest absolute Gasteiger partial charge is 0.295 e. The van der Waals surface area contributed by atoms with Gasteiger partial charge in [-0.05, 0) is 36.4 Å². The molecule has 0 aliphatic rings. The molecule has 1 aromatic heterocycles. The van der Waals surface area contributed by atoms with Gasteiger partial charge < -0.3 is 0 Å². The zero-order valence-corrected chi connectivity index (χ0v) is 10.6. The number of imidazole rings is 1. The summed E-state index contributed by atoms with van der Waals surface area (Å²) in [7, 11) is 0. The molecule has 3 aromatic rings. The molecule has 1 heterocycles. The summed E-state index contributed by atoms with van der Waals surface area (Å²) in [5, 5.41) is 17.8. The van der Waals surface area contributed by atoms with Gasteiger partial charge in [0.05, 0.1) is 35.2 Å². The lowest BCUT2D eigenvalue weighted by Gasteiger charge is -2.07. The standard InChI is InChI=1S/C16H10N4/c17-10-9-16-19-14-3-1-2-4-15(14)20(16)13-7-5-12(11-18)6-8-13/h1-8H,9H2. The highest BCUT2D eigenvalue weighted by molar-refractivity contribution is 5.78. The molecular weight excluding hydrogens is 248 g/mol. The van der Waals surface area contributed by atoms with Crippen LogP contribution < -0.4 is 0 Å². The number of aromatic nitrogens is 2. The Morgan fingerprint density at radius 2 is 1.75 bits per heavy atom. The zero-order chi connectivity index (χ0) is 13.9.